The molecule has 0 radical (unpaired) electrons. The predicted molar refractivity (Wildman–Crippen MR) is 47.1 cm³/mol. The van der Waals surface area contributed by atoms with Crippen molar-refractivity contribution in [2.45, 2.75) is 44.4 Å². The second-order valence-corrected chi connectivity index (χ2v) is 4.23. The van der Waals surface area contributed by atoms with E-state index < -0.39 is 18.6 Å². The van der Waals surface area contributed by atoms with Gasteiger partial charge in [-0.2, -0.15) is 13.2 Å². The van der Waals surface area contributed by atoms with Gasteiger partial charge in [0.05, 0.1) is 13.0 Å². The van der Waals surface area contributed by atoms with Gasteiger partial charge < -0.3 is 10.1 Å². The minimum absolute atomic E-state index is 0.287. The Morgan fingerprint density at radius 1 is 1.50 bits per heavy atom. The van der Waals surface area contributed by atoms with Crippen LogP contribution in [-0.4, -0.2) is 31.0 Å². The van der Waals surface area contributed by atoms with Gasteiger partial charge in [-0.1, -0.05) is 0 Å². The summed E-state index contributed by atoms with van der Waals surface area (Å²) in [5.74, 6) is 0. The summed E-state index contributed by atoms with van der Waals surface area (Å²) in [6, 6.07) is -0.554. The number of hydrogen-bond acceptors (Lipinski definition) is 2. The zero-order valence-corrected chi connectivity index (χ0v) is 8.45. The van der Waals surface area contributed by atoms with Crippen LogP contribution in [-0.2, 0) is 4.74 Å². The third kappa shape index (κ3) is 3.84. The standard InChI is InChI=1S/C9H16F3NO/c1-7(5-9(10,11)12)13-8(2)3-4-14-6-8/h7,13H,3-6H2,1-2H3. The highest BCUT2D eigenvalue weighted by molar-refractivity contribution is 4.89. The molecule has 0 saturated carbocycles. The van der Waals surface area contributed by atoms with Crippen molar-refractivity contribution in [2.75, 3.05) is 13.2 Å². The van der Waals surface area contributed by atoms with Crippen LogP contribution in [0.2, 0.25) is 0 Å². The Balaban J connectivity index is 2.36. The average Bonchev–Trinajstić information content (AvgIpc) is 2.30. The molecule has 0 amide bonds. The van der Waals surface area contributed by atoms with Crippen LogP contribution >= 0.6 is 0 Å². The molecule has 1 fully saturated rings. The average molecular weight is 211 g/mol. The Kier molecular flexibility index (Phi) is 3.42. The lowest BCUT2D eigenvalue weighted by atomic mass is 10.00. The summed E-state index contributed by atoms with van der Waals surface area (Å²) in [5.41, 5.74) is -0.287. The zero-order chi connectivity index (χ0) is 10.8. The first-order valence-electron chi connectivity index (χ1n) is 4.73. The van der Waals surface area contributed by atoms with Crippen molar-refractivity contribution in [3.8, 4) is 0 Å². The molecule has 1 aliphatic heterocycles. The summed E-state index contributed by atoms with van der Waals surface area (Å²) >= 11 is 0. The Morgan fingerprint density at radius 2 is 2.14 bits per heavy atom. The van der Waals surface area contributed by atoms with Gasteiger partial charge in [0.2, 0.25) is 0 Å². The number of nitrogens with one attached hydrogen (secondary N) is 1. The maximum atomic E-state index is 12.0. The van der Waals surface area contributed by atoms with Crippen LogP contribution in [0.25, 0.3) is 0 Å². The summed E-state index contributed by atoms with van der Waals surface area (Å²) in [4.78, 5) is 0. The lowest BCUT2D eigenvalue weighted by Gasteiger charge is -2.28. The fourth-order valence-corrected chi connectivity index (χ4v) is 1.77. The number of rotatable bonds is 3. The van der Waals surface area contributed by atoms with Gasteiger partial charge in [-0.25, -0.2) is 0 Å². The first-order valence-corrected chi connectivity index (χ1v) is 4.73. The van der Waals surface area contributed by atoms with Crippen LogP contribution in [0.15, 0.2) is 0 Å². The highest BCUT2D eigenvalue weighted by Gasteiger charge is 2.35. The van der Waals surface area contributed by atoms with Gasteiger partial charge in [-0.3, -0.25) is 0 Å². The number of ether oxygens (including phenoxy) is 1. The molecule has 1 rings (SSSR count). The fraction of sp³-hybridized carbons (Fsp3) is 1.00. The van der Waals surface area contributed by atoms with Gasteiger partial charge in [0.1, 0.15) is 0 Å². The SMILES string of the molecule is CC(CC(F)(F)F)NC1(C)CCOC1. The first kappa shape index (κ1) is 11.8. The van der Waals surface area contributed by atoms with Crippen molar-refractivity contribution in [1.82, 2.24) is 5.32 Å². The molecule has 0 aromatic carbocycles. The maximum Gasteiger partial charge on any atom is 0.390 e. The van der Waals surface area contributed by atoms with E-state index in [-0.39, 0.29) is 5.54 Å². The molecule has 5 heteroatoms. The van der Waals surface area contributed by atoms with E-state index in [1.165, 1.54) is 0 Å². The molecule has 0 bridgehead atoms. The molecule has 2 nitrogen and oxygen atoms in total. The molecule has 1 saturated heterocycles. The van der Waals surface area contributed by atoms with Crippen molar-refractivity contribution in [1.29, 1.82) is 0 Å². The van der Waals surface area contributed by atoms with Gasteiger partial charge in [-0.15, -0.1) is 0 Å². The van der Waals surface area contributed by atoms with Crippen molar-refractivity contribution in [3.05, 3.63) is 0 Å². The van der Waals surface area contributed by atoms with Crippen LogP contribution in [0.5, 0.6) is 0 Å². The summed E-state index contributed by atoms with van der Waals surface area (Å²) in [6.07, 6.45) is -4.11. The second kappa shape index (κ2) is 4.06. The molecule has 2 unspecified atom stereocenters. The van der Waals surface area contributed by atoms with E-state index >= 15 is 0 Å². The normalized spacial score (nSPS) is 30.6. The first-order chi connectivity index (χ1) is 6.31. The largest absolute Gasteiger partial charge is 0.390 e. The minimum atomic E-state index is -4.10. The quantitative estimate of drug-likeness (QED) is 0.771. The molecule has 2 atom stereocenters. The molecular weight excluding hydrogens is 195 g/mol. The van der Waals surface area contributed by atoms with E-state index in [9.17, 15) is 13.2 Å². The van der Waals surface area contributed by atoms with Gasteiger partial charge in [0, 0.05) is 18.2 Å². The van der Waals surface area contributed by atoms with Crippen molar-refractivity contribution >= 4 is 0 Å². The Labute approximate surface area is 81.8 Å². The number of alkyl halides is 3. The summed E-state index contributed by atoms with van der Waals surface area (Å²) in [5, 5.41) is 2.97. The molecule has 1 aliphatic rings. The Bertz CT molecular complexity index is 187. The smallest absolute Gasteiger partial charge is 0.379 e. The summed E-state index contributed by atoms with van der Waals surface area (Å²) < 4.78 is 41.2. The Morgan fingerprint density at radius 3 is 2.57 bits per heavy atom. The highest BCUT2D eigenvalue weighted by atomic mass is 19.4. The van der Waals surface area contributed by atoms with Crippen molar-refractivity contribution < 1.29 is 17.9 Å². The topological polar surface area (TPSA) is 21.3 Å². The van der Waals surface area contributed by atoms with Gasteiger partial charge in [0.25, 0.3) is 0 Å². The molecule has 84 valence electrons. The van der Waals surface area contributed by atoms with E-state index in [0.717, 1.165) is 6.42 Å². The molecule has 1 heterocycles. The molecule has 1 N–H and O–H groups in total. The van der Waals surface area contributed by atoms with Crippen LogP contribution in [0, 0.1) is 0 Å². The second-order valence-electron chi connectivity index (χ2n) is 4.23. The molecule has 0 aliphatic carbocycles. The zero-order valence-electron chi connectivity index (χ0n) is 8.45. The monoisotopic (exact) mass is 211 g/mol. The Hall–Kier alpha value is -0.290. The van der Waals surface area contributed by atoms with E-state index in [4.69, 9.17) is 4.74 Å². The number of hydrogen-bond donors (Lipinski definition) is 1. The van der Waals surface area contributed by atoms with Gasteiger partial charge in [-0.05, 0) is 20.3 Å². The van der Waals surface area contributed by atoms with Crippen molar-refractivity contribution in [3.63, 3.8) is 0 Å². The number of halogens is 3. The van der Waals surface area contributed by atoms with Gasteiger partial charge >= 0.3 is 6.18 Å². The third-order valence-corrected chi connectivity index (χ3v) is 2.35. The van der Waals surface area contributed by atoms with Crippen LogP contribution in [0.4, 0.5) is 13.2 Å². The van der Waals surface area contributed by atoms with Crippen molar-refractivity contribution in [2.24, 2.45) is 0 Å². The van der Waals surface area contributed by atoms with E-state index in [1.54, 1.807) is 6.92 Å². The highest BCUT2D eigenvalue weighted by Crippen LogP contribution is 2.24. The minimum Gasteiger partial charge on any atom is -0.379 e. The summed E-state index contributed by atoms with van der Waals surface area (Å²) in [7, 11) is 0. The maximum absolute atomic E-state index is 12.0. The lowest BCUT2D eigenvalue weighted by Crippen LogP contribution is -2.48. The van der Waals surface area contributed by atoms with E-state index in [0.29, 0.717) is 13.2 Å². The van der Waals surface area contributed by atoms with Gasteiger partial charge in [0.15, 0.2) is 0 Å². The molecule has 0 aromatic rings. The third-order valence-electron chi connectivity index (χ3n) is 2.35. The summed E-state index contributed by atoms with van der Waals surface area (Å²) in [6.45, 7) is 4.57. The molecule has 0 spiro atoms. The molecule has 14 heavy (non-hydrogen) atoms. The van der Waals surface area contributed by atoms with E-state index in [2.05, 4.69) is 5.32 Å². The molecule has 0 aromatic heterocycles. The lowest BCUT2D eigenvalue weighted by molar-refractivity contribution is -0.140. The van der Waals surface area contributed by atoms with Crippen LogP contribution < -0.4 is 5.32 Å². The van der Waals surface area contributed by atoms with Crippen LogP contribution in [0.3, 0.4) is 0 Å². The fourth-order valence-electron chi connectivity index (χ4n) is 1.77. The van der Waals surface area contributed by atoms with Crippen LogP contribution in [0.1, 0.15) is 26.7 Å². The van der Waals surface area contributed by atoms with E-state index in [1.807, 2.05) is 6.92 Å². The molecular formula is C9H16F3NO. The predicted octanol–water partition coefficient (Wildman–Crippen LogP) is 2.10.